The molecule has 3 aromatic rings. The highest BCUT2D eigenvalue weighted by Crippen LogP contribution is 2.25. The van der Waals surface area contributed by atoms with Crippen molar-refractivity contribution in [3.05, 3.63) is 60.7 Å². The maximum atomic E-state index is 5.43. The van der Waals surface area contributed by atoms with E-state index in [1.54, 1.807) is 7.11 Å². The largest absolute Gasteiger partial charge is 0.497 e. The summed E-state index contributed by atoms with van der Waals surface area (Å²) in [6.45, 7) is 4.17. The highest BCUT2D eigenvalue weighted by atomic mass is 16.5. The Kier molecular flexibility index (Phi) is 5.02. The van der Waals surface area contributed by atoms with Gasteiger partial charge in [-0.05, 0) is 67.7 Å². The van der Waals surface area contributed by atoms with Crippen molar-refractivity contribution in [1.29, 1.82) is 0 Å². The number of ether oxygens (including phenoxy) is 1. The Balaban J connectivity index is 1.43. The molecule has 0 N–H and O–H groups in total. The number of likely N-dealkylation sites (tertiary alicyclic amines) is 1. The Morgan fingerprint density at radius 1 is 1.08 bits per heavy atom. The second-order valence-electron chi connectivity index (χ2n) is 6.89. The number of nitrogens with zero attached hydrogens (tertiary/aromatic N) is 5. The molecule has 2 aromatic heterocycles. The molecule has 0 amide bonds. The minimum atomic E-state index is 0.710. The molecule has 6 nitrogen and oxygen atoms in total. The first-order chi connectivity index (χ1) is 12.8. The van der Waals surface area contributed by atoms with Crippen LogP contribution in [0.4, 0.5) is 0 Å². The molecule has 1 saturated heterocycles. The molecule has 0 unspecified atom stereocenters. The zero-order valence-electron chi connectivity index (χ0n) is 15.2. The molecule has 0 aliphatic carbocycles. The Morgan fingerprint density at radius 2 is 1.88 bits per heavy atom. The summed E-state index contributed by atoms with van der Waals surface area (Å²) in [5, 5.41) is 8.73. The van der Waals surface area contributed by atoms with E-state index in [9.17, 15) is 0 Å². The lowest BCUT2D eigenvalue weighted by molar-refractivity contribution is 0.164. The van der Waals surface area contributed by atoms with Gasteiger partial charge in [0.1, 0.15) is 5.75 Å². The molecule has 136 valence electrons. The van der Waals surface area contributed by atoms with Crippen LogP contribution < -0.4 is 4.74 Å². The molecular weight excluding hydrogens is 326 g/mol. The van der Waals surface area contributed by atoms with E-state index in [0.717, 1.165) is 37.6 Å². The Hall–Kier alpha value is -2.60. The summed E-state index contributed by atoms with van der Waals surface area (Å²) in [6, 6.07) is 10.2. The molecule has 26 heavy (non-hydrogen) atoms. The van der Waals surface area contributed by atoms with Crippen molar-refractivity contribution in [2.75, 3.05) is 20.2 Å². The summed E-state index contributed by atoms with van der Waals surface area (Å²) in [4.78, 5) is 2.53. The highest BCUT2D eigenvalue weighted by Gasteiger charge is 2.21. The summed E-state index contributed by atoms with van der Waals surface area (Å²) in [5.74, 6) is 1.60. The van der Waals surface area contributed by atoms with E-state index in [0.29, 0.717) is 5.92 Å². The van der Waals surface area contributed by atoms with E-state index in [2.05, 4.69) is 38.1 Å². The maximum Gasteiger partial charge on any atom is 0.119 e. The smallest absolute Gasteiger partial charge is 0.119 e. The first-order valence-electron chi connectivity index (χ1n) is 9.18. The van der Waals surface area contributed by atoms with Crippen LogP contribution in [0.3, 0.4) is 0 Å². The minimum Gasteiger partial charge on any atom is -0.497 e. The van der Waals surface area contributed by atoms with Crippen LogP contribution in [-0.2, 0) is 13.1 Å². The van der Waals surface area contributed by atoms with Crippen molar-refractivity contribution in [1.82, 2.24) is 24.5 Å². The fourth-order valence-corrected chi connectivity index (χ4v) is 3.69. The molecule has 1 aliphatic heterocycles. The number of aromatic nitrogens is 4. The lowest BCUT2D eigenvalue weighted by Crippen LogP contribution is -2.34. The molecule has 4 rings (SSSR count). The molecule has 6 heteroatoms. The summed E-state index contributed by atoms with van der Waals surface area (Å²) >= 11 is 0. The molecular formula is C20H25N5O. The summed E-state index contributed by atoms with van der Waals surface area (Å²) in [5.41, 5.74) is 2.37. The van der Waals surface area contributed by atoms with E-state index in [1.807, 2.05) is 41.5 Å². The summed E-state index contributed by atoms with van der Waals surface area (Å²) < 4.78 is 9.42. The third kappa shape index (κ3) is 3.80. The fraction of sp³-hybridized carbons (Fsp3) is 0.400. The maximum absolute atomic E-state index is 5.43. The normalized spacial score (nSPS) is 16.0. The number of methoxy groups -OCH3 is 1. The van der Waals surface area contributed by atoms with Gasteiger partial charge in [-0.1, -0.05) is 0 Å². The number of rotatable bonds is 6. The van der Waals surface area contributed by atoms with Crippen LogP contribution in [0.2, 0.25) is 0 Å². The third-order valence-electron chi connectivity index (χ3n) is 5.14. The molecule has 0 atom stereocenters. The van der Waals surface area contributed by atoms with Gasteiger partial charge in [-0.3, -0.25) is 9.58 Å². The molecule has 3 heterocycles. The van der Waals surface area contributed by atoms with Crippen LogP contribution in [0.5, 0.6) is 5.75 Å². The van der Waals surface area contributed by atoms with E-state index < -0.39 is 0 Å². The molecule has 0 bridgehead atoms. The Morgan fingerprint density at radius 3 is 2.58 bits per heavy atom. The quantitative estimate of drug-likeness (QED) is 0.685. The van der Waals surface area contributed by atoms with E-state index in [1.165, 1.54) is 18.4 Å². The molecule has 0 spiro atoms. The Labute approximate surface area is 154 Å². The first-order valence-corrected chi connectivity index (χ1v) is 9.18. The van der Waals surface area contributed by atoms with Gasteiger partial charge >= 0.3 is 0 Å². The lowest BCUT2D eigenvalue weighted by atomic mass is 9.96. The van der Waals surface area contributed by atoms with Gasteiger partial charge in [0.15, 0.2) is 0 Å². The highest BCUT2D eigenvalue weighted by molar-refractivity contribution is 5.45. The standard InChI is InChI=1S/C20H25N5O/c1-26-19-4-5-20(25-11-3-9-22-25)18(14-19)16-23-12-6-17(7-13-23)15-24-10-2-8-21-24/h2-5,8-11,14,17H,6-7,12-13,15-16H2,1H3. The van der Waals surface area contributed by atoms with Crippen LogP contribution in [0.15, 0.2) is 55.1 Å². The van der Waals surface area contributed by atoms with Crippen LogP contribution in [0.25, 0.3) is 5.69 Å². The monoisotopic (exact) mass is 351 g/mol. The van der Waals surface area contributed by atoms with Crippen molar-refractivity contribution in [3.63, 3.8) is 0 Å². The molecule has 1 fully saturated rings. The van der Waals surface area contributed by atoms with Crippen molar-refractivity contribution < 1.29 is 4.74 Å². The number of piperidine rings is 1. The first kappa shape index (κ1) is 16.8. The zero-order chi connectivity index (χ0) is 17.8. The van der Waals surface area contributed by atoms with Gasteiger partial charge in [0.2, 0.25) is 0 Å². The van der Waals surface area contributed by atoms with Crippen molar-refractivity contribution >= 4 is 0 Å². The van der Waals surface area contributed by atoms with Crippen molar-refractivity contribution in [2.45, 2.75) is 25.9 Å². The second-order valence-corrected chi connectivity index (χ2v) is 6.89. The molecule has 1 aromatic carbocycles. The predicted octanol–water partition coefficient (Wildman–Crippen LogP) is 2.99. The van der Waals surface area contributed by atoms with Gasteiger partial charge in [-0.15, -0.1) is 0 Å². The molecule has 0 radical (unpaired) electrons. The second kappa shape index (κ2) is 7.74. The number of hydrogen-bond acceptors (Lipinski definition) is 4. The summed E-state index contributed by atoms with van der Waals surface area (Å²) in [7, 11) is 1.72. The van der Waals surface area contributed by atoms with Crippen molar-refractivity contribution in [2.24, 2.45) is 5.92 Å². The van der Waals surface area contributed by atoms with Gasteiger partial charge in [0.05, 0.1) is 12.8 Å². The van der Waals surface area contributed by atoms with E-state index >= 15 is 0 Å². The molecule has 1 aliphatic rings. The topological polar surface area (TPSA) is 48.1 Å². The van der Waals surface area contributed by atoms with Crippen molar-refractivity contribution in [3.8, 4) is 11.4 Å². The van der Waals surface area contributed by atoms with E-state index in [-0.39, 0.29) is 0 Å². The Bertz CT molecular complexity index is 805. The number of hydrogen-bond donors (Lipinski definition) is 0. The van der Waals surface area contributed by atoms with Crippen LogP contribution in [0, 0.1) is 5.92 Å². The summed E-state index contributed by atoms with van der Waals surface area (Å²) in [6.07, 6.45) is 10.1. The fourth-order valence-electron chi connectivity index (χ4n) is 3.69. The van der Waals surface area contributed by atoms with Gasteiger partial charge < -0.3 is 4.74 Å². The SMILES string of the molecule is COc1ccc(-n2cccn2)c(CN2CCC(Cn3cccn3)CC2)c1. The average Bonchev–Trinajstić information content (AvgIpc) is 3.37. The third-order valence-corrected chi connectivity index (χ3v) is 5.14. The number of benzene rings is 1. The van der Waals surface area contributed by atoms with E-state index in [4.69, 9.17) is 4.74 Å². The van der Waals surface area contributed by atoms with Gasteiger partial charge in [-0.2, -0.15) is 10.2 Å². The average molecular weight is 351 g/mol. The van der Waals surface area contributed by atoms with Crippen LogP contribution >= 0.6 is 0 Å². The molecule has 0 saturated carbocycles. The predicted molar refractivity (Wildman–Crippen MR) is 100 cm³/mol. The van der Waals surface area contributed by atoms with Gasteiger partial charge in [0, 0.05) is 37.9 Å². The van der Waals surface area contributed by atoms with Gasteiger partial charge in [0.25, 0.3) is 0 Å². The van der Waals surface area contributed by atoms with Gasteiger partial charge in [-0.25, -0.2) is 4.68 Å². The minimum absolute atomic E-state index is 0.710. The zero-order valence-corrected chi connectivity index (χ0v) is 15.2. The van der Waals surface area contributed by atoms with Crippen LogP contribution in [-0.4, -0.2) is 44.7 Å². The lowest BCUT2D eigenvalue weighted by Gasteiger charge is -2.32. The van der Waals surface area contributed by atoms with Crippen LogP contribution in [0.1, 0.15) is 18.4 Å².